The van der Waals surface area contributed by atoms with Gasteiger partial charge in [0.15, 0.2) is 6.10 Å². The Bertz CT molecular complexity index is 137. The lowest BCUT2D eigenvalue weighted by molar-refractivity contribution is -0.148. The number of rotatable bonds is 3. The molecule has 2 atom stereocenters. The fourth-order valence-corrected chi connectivity index (χ4v) is 0.636. The highest BCUT2D eigenvalue weighted by Gasteiger charge is 2.22. The van der Waals surface area contributed by atoms with E-state index in [0.717, 1.165) is 0 Å². The third-order valence-corrected chi connectivity index (χ3v) is 1.94. The largest absolute Gasteiger partial charge is 0.479 e. The molecule has 0 spiro atoms. The first-order valence-electron chi connectivity index (χ1n) is 2.72. The van der Waals surface area contributed by atoms with E-state index >= 15 is 0 Å². The summed E-state index contributed by atoms with van der Waals surface area (Å²) in [6.07, 6.45) is -1.37. The Hall–Kier alpha value is -0.350. The molecule has 0 radical (unpaired) electrons. The van der Waals surface area contributed by atoms with Crippen molar-refractivity contribution in [2.75, 3.05) is 0 Å². The van der Waals surface area contributed by atoms with E-state index in [-0.39, 0.29) is 0 Å². The van der Waals surface area contributed by atoms with Gasteiger partial charge in [0.25, 0.3) is 0 Å². The summed E-state index contributed by atoms with van der Waals surface area (Å²) in [5.74, 6) is -1.69. The van der Waals surface area contributed by atoms with E-state index in [4.69, 9.17) is 10.2 Å². The van der Waals surface area contributed by atoms with Crippen molar-refractivity contribution in [2.24, 2.45) is 5.92 Å². The first kappa shape index (κ1) is 9.65. The Kier molecular flexibility index (Phi) is 3.60. The number of aliphatic hydroxyl groups excluding tert-OH is 1. The summed E-state index contributed by atoms with van der Waals surface area (Å²) in [5.41, 5.74) is 0. The molecule has 0 saturated heterocycles. The molecule has 0 bridgehead atoms. The van der Waals surface area contributed by atoms with Crippen LogP contribution in [0.1, 0.15) is 6.92 Å². The molecule has 0 aromatic rings. The number of carboxylic acid groups (broad SMARTS) is 1. The van der Waals surface area contributed by atoms with Crippen molar-refractivity contribution < 1.29 is 15.0 Å². The van der Waals surface area contributed by atoms with E-state index < -0.39 is 18.0 Å². The van der Waals surface area contributed by atoms with Gasteiger partial charge in [-0.05, 0) is 4.48 Å². The Morgan fingerprint density at radius 2 is 2.10 bits per heavy atom. The first-order chi connectivity index (χ1) is 4.46. The van der Waals surface area contributed by atoms with E-state index in [9.17, 15) is 4.79 Å². The van der Waals surface area contributed by atoms with E-state index in [1.54, 1.807) is 6.92 Å². The number of halogens is 1. The molecule has 0 rings (SSSR count). The van der Waals surface area contributed by atoms with Gasteiger partial charge in [0.1, 0.15) is 0 Å². The van der Waals surface area contributed by atoms with Crippen molar-refractivity contribution in [1.29, 1.82) is 0 Å². The lowest BCUT2D eigenvalue weighted by atomic mass is 10.1. The van der Waals surface area contributed by atoms with Crippen LogP contribution in [0.2, 0.25) is 0 Å². The van der Waals surface area contributed by atoms with Crippen LogP contribution in [-0.2, 0) is 4.79 Å². The molecule has 0 aliphatic carbocycles. The van der Waals surface area contributed by atoms with Gasteiger partial charge >= 0.3 is 5.97 Å². The highest BCUT2D eigenvalue weighted by molar-refractivity contribution is 9.11. The zero-order chi connectivity index (χ0) is 8.31. The minimum Gasteiger partial charge on any atom is -0.479 e. The van der Waals surface area contributed by atoms with Gasteiger partial charge in [-0.1, -0.05) is 29.4 Å². The summed E-state index contributed by atoms with van der Waals surface area (Å²) in [7, 11) is 0. The van der Waals surface area contributed by atoms with Crippen LogP contribution < -0.4 is 0 Å². The topological polar surface area (TPSA) is 57.5 Å². The number of hydrogen-bond donors (Lipinski definition) is 2. The SMILES string of the molecule is C=C(Br)[C@H](C)[C@@H](O)C(=O)O. The predicted octanol–water partition coefficient (Wildman–Crippen LogP) is 0.977. The lowest BCUT2D eigenvalue weighted by Crippen LogP contribution is -2.27. The lowest BCUT2D eigenvalue weighted by Gasteiger charge is -2.12. The molecule has 0 unspecified atom stereocenters. The van der Waals surface area contributed by atoms with E-state index in [0.29, 0.717) is 4.48 Å². The van der Waals surface area contributed by atoms with Gasteiger partial charge in [-0.2, -0.15) is 0 Å². The molecule has 10 heavy (non-hydrogen) atoms. The van der Waals surface area contributed by atoms with Crippen LogP contribution in [0.15, 0.2) is 11.1 Å². The quantitative estimate of drug-likeness (QED) is 0.728. The third kappa shape index (κ3) is 2.49. The van der Waals surface area contributed by atoms with Crippen LogP contribution in [0, 0.1) is 5.92 Å². The Morgan fingerprint density at radius 1 is 1.70 bits per heavy atom. The Balaban J connectivity index is 4.07. The molecular formula is C6H9BrO3. The van der Waals surface area contributed by atoms with Gasteiger partial charge in [-0.25, -0.2) is 4.79 Å². The summed E-state index contributed by atoms with van der Waals surface area (Å²) in [5, 5.41) is 17.2. The van der Waals surface area contributed by atoms with Crippen molar-refractivity contribution in [3.8, 4) is 0 Å². The van der Waals surface area contributed by atoms with Gasteiger partial charge in [0.2, 0.25) is 0 Å². The Morgan fingerprint density at radius 3 is 2.20 bits per heavy atom. The van der Waals surface area contributed by atoms with Crippen LogP contribution in [0.25, 0.3) is 0 Å². The van der Waals surface area contributed by atoms with E-state index in [1.165, 1.54) is 0 Å². The average Bonchev–Trinajstić information content (AvgIpc) is 1.84. The standard InChI is InChI=1S/C6H9BrO3/c1-3(4(2)7)5(8)6(9)10/h3,5,8H,2H2,1H3,(H,9,10)/t3-,5+/m0/s1. The second kappa shape index (κ2) is 3.73. The second-order valence-electron chi connectivity index (χ2n) is 2.02. The zero-order valence-corrected chi connectivity index (χ0v) is 7.13. The van der Waals surface area contributed by atoms with Crippen molar-refractivity contribution in [2.45, 2.75) is 13.0 Å². The number of aliphatic hydroxyl groups is 1. The Labute approximate surface area is 67.5 Å². The van der Waals surface area contributed by atoms with Gasteiger partial charge < -0.3 is 10.2 Å². The van der Waals surface area contributed by atoms with Gasteiger partial charge in [0, 0.05) is 5.92 Å². The normalized spacial score (nSPS) is 15.9. The molecule has 0 aromatic heterocycles. The minimum atomic E-state index is -1.37. The van der Waals surface area contributed by atoms with Crippen molar-refractivity contribution in [1.82, 2.24) is 0 Å². The molecule has 0 heterocycles. The molecular weight excluding hydrogens is 200 g/mol. The maximum Gasteiger partial charge on any atom is 0.333 e. The second-order valence-corrected chi connectivity index (χ2v) is 3.04. The van der Waals surface area contributed by atoms with E-state index in [1.807, 2.05) is 0 Å². The van der Waals surface area contributed by atoms with Crippen LogP contribution in [0.3, 0.4) is 0 Å². The molecule has 0 aromatic carbocycles. The highest BCUT2D eigenvalue weighted by Crippen LogP contribution is 2.18. The predicted molar refractivity (Wildman–Crippen MR) is 40.9 cm³/mol. The number of carbonyl (C=O) groups is 1. The molecule has 2 N–H and O–H groups in total. The molecule has 0 amide bonds. The van der Waals surface area contributed by atoms with Crippen molar-refractivity contribution in [3.05, 3.63) is 11.1 Å². The van der Waals surface area contributed by atoms with Gasteiger partial charge in [0.05, 0.1) is 0 Å². The summed E-state index contributed by atoms with van der Waals surface area (Å²) < 4.78 is 0.488. The third-order valence-electron chi connectivity index (χ3n) is 1.22. The molecule has 0 saturated carbocycles. The smallest absolute Gasteiger partial charge is 0.333 e. The van der Waals surface area contributed by atoms with Crippen LogP contribution in [0.4, 0.5) is 0 Å². The molecule has 4 heteroatoms. The molecule has 0 fully saturated rings. The number of hydrogen-bond acceptors (Lipinski definition) is 2. The van der Waals surface area contributed by atoms with E-state index in [2.05, 4.69) is 22.5 Å². The highest BCUT2D eigenvalue weighted by atomic mass is 79.9. The average molecular weight is 209 g/mol. The minimum absolute atomic E-state index is 0.461. The van der Waals surface area contributed by atoms with Crippen LogP contribution in [0.5, 0.6) is 0 Å². The van der Waals surface area contributed by atoms with Crippen LogP contribution in [-0.4, -0.2) is 22.3 Å². The summed E-state index contributed by atoms with van der Waals surface area (Å²) >= 11 is 2.99. The van der Waals surface area contributed by atoms with Crippen LogP contribution >= 0.6 is 15.9 Å². The summed E-state index contributed by atoms with van der Waals surface area (Å²) in [6, 6.07) is 0. The zero-order valence-electron chi connectivity index (χ0n) is 5.54. The number of carboxylic acids is 1. The van der Waals surface area contributed by atoms with Crippen molar-refractivity contribution >= 4 is 21.9 Å². The van der Waals surface area contributed by atoms with Gasteiger partial charge in [-0.15, -0.1) is 0 Å². The summed E-state index contributed by atoms with van der Waals surface area (Å²) in [6.45, 7) is 5.03. The molecule has 0 aliphatic rings. The maximum atomic E-state index is 10.1. The monoisotopic (exact) mass is 208 g/mol. The molecule has 0 aliphatic heterocycles. The first-order valence-corrected chi connectivity index (χ1v) is 3.51. The molecule has 58 valence electrons. The van der Waals surface area contributed by atoms with Gasteiger partial charge in [-0.3, -0.25) is 0 Å². The summed E-state index contributed by atoms with van der Waals surface area (Å²) in [4.78, 5) is 10.1. The fourth-order valence-electron chi connectivity index (χ4n) is 0.385. The molecule has 3 nitrogen and oxygen atoms in total. The maximum absolute atomic E-state index is 10.1. The van der Waals surface area contributed by atoms with Crippen molar-refractivity contribution in [3.63, 3.8) is 0 Å². The fraction of sp³-hybridized carbons (Fsp3) is 0.500. The number of aliphatic carboxylic acids is 1.